The summed E-state index contributed by atoms with van der Waals surface area (Å²) in [6.07, 6.45) is 0.824. The Morgan fingerprint density at radius 2 is 2.32 bits per heavy atom. The van der Waals surface area contributed by atoms with Crippen molar-refractivity contribution in [1.82, 2.24) is 4.98 Å². The number of carbonyl (C=O) groups excluding carboxylic acids is 1. The zero-order chi connectivity index (χ0) is 14.3. The van der Waals surface area contributed by atoms with Crippen molar-refractivity contribution in [2.24, 2.45) is 0 Å². The summed E-state index contributed by atoms with van der Waals surface area (Å²) in [6, 6.07) is 2.46. The van der Waals surface area contributed by atoms with E-state index in [-0.39, 0.29) is 23.2 Å². The molecule has 8 heteroatoms. The molecule has 1 aromatic rings. The first kappa shape index (κ1) is 15.2. The fourth-order valence-corrected chi connectivity index (χ4v) is 1.56. The number of hydrogen-bond donors (Lipinski definition) is 1. The van der Waals surface area contributed by atoms with Crippen molar-refractivity contribution in [3.63, 3.8) is 0 Å². The summed E-state index contributed by atoms with van der Waals surface area (Å²) in [7, 11) is 0. The van der Waals surface area contributed by atoms with E-state index in [0.717, 1.165) is 0 Å². The van der Waals surface area contributed by atoms with Crippen LogP contribution in [0.2, 0.25) is 5.15 Å². The van der Waals surface area contributed by atoms with Crippen molar-refractivity contribution < 1.29 is 14.5 Å². The van der Waals surface area contributed by atoms with Gasteiger partial charge in [0.25, 0.3) is 5.69 Å². The molecule has 0 saturated carbocycles. The molecule has 104 valence electrons. The maximum absolute atomic E-state index is 11.1. The van der Waals surface area contributed by atoms with Gasteiger partial charge in [0.15, 0.2) is 0 Å². The summed E-state index contributed by atoms with van der Waals surface area (Å²) in [4.78, 5) is 25.1. The lowest BCUT2D eigenvalue weighted by Gasteiger charge is -2.05. The van der Waals surface area contributed by atoms with Gasteiger partial charge in [-0.15, -0.1) is 0 Å². The van der Waals surface area contributed by atoms with E-state index in [0.29, 0.717) is 25.4 Å². The lowest BCUT2D eigenvalue weighted by atomic mass is 10.3. The first-order valence-corrected chi connectivity index (χ1v) is 6.12. The van der Waals surface area contributed by atoms with Crippen molar-refractivity contribution in [3.05, 3.63) is 27.4 Å². The second-order valence-electron chi connectivity index (χ2n) is 3.63. The Morgan fingerprint density at radius 1 is 1.58 bits per heavy atom. The second-order valence-corrected chi connectivity index (χ2v) is 4.01. The van der Waals surface area contributed by atoms with E-state index in [1.165, 1.54) is 12.1 Å². The van der Waals surface area contributed by atoms with E-state index >= 15 is 0 Å². The number of anilines is 1. The molecular weight excluding hydrogens is 274 g/mol. The Hall–Kier alpha value is -1.89. The minimum absolute atomic E-state index is 0.0436. The molecule has 0 unspecified atom stereocenters. The number of nitrogens with zero attached hydrogens (tertiary/aromatic N) is 2. The molecule has 19 heavy (non-hydrogen) atoms. The van der Waals surface area contributed by atoms with Crippen LogP contribution in [0.4, 0.5) is 11.5 Å². The molecule has 0 radical (unpaired) electrons. The van der Waals surface area contributed by atoms with Gasteiger partial charge in [0.1, 0.15) is 11.0 Å². The van der Waals surface area contributed by atoms with Gasteiger partial charge in [-0.3, -0.25) is 14.9 Å². The van der Waals surface area contributed by atoms with Gasteiger partial charge in [0.2, 0.25) is 0 Å². The first-order chi connectivity index (χ1) is 9.02. The zero-order valence-corrected chi connectivity index (χ0v) is 11.1. The van der Waals surface area contributed by atoms with E-state index in [2.05, 4.69) is 10.3 Å². The number of hydrogen-bond acceptors (Lipinski definition) is 6. The molecule has 7 nitrogen and oxygen atoms in total. The van der Waals surface area contributed by atoms with Gasteiger partial charge in [-0.25, -0.2) is 4.98 Å². The van der Waals surface area contributed by atoms with Crippen molar-refractivity contribution in [1.29, 1.82) is 0 Å². The van der Waals surface area contributed by atoms with Crippen LogP contribution in [0.25, 0.3) is 0 Å². The molecule has 1 heterocycles. The van der Waals surface area contributed by atoms with Crippen LogP contribution in [0.15, 0.2) is 12.1 Å². The third kappa shape index (κ3) is 5.52. The summed E-state index contributed by atoms with van der Waals surface area (Å²) >= 11 is 5.67. The van der Waals surface area contributed by atoms with Crippen molar-refractivity contribution in [2.45, 2.75) is 19.8 Å². The number of halogens is 1. The van der Waals surface area contributed by atoms with Crippen LogP contribution in [-0.4, -0.2) is 29.0 Å². The molecule has 0 fully saturated rings. The minimum atomic E-state index is -0.544. The number of pyridine rings is 1. The monoisotopic (exact) mass is 287 g/mol. The third-order valence-electron chi connectivity index (χ3n) is 2.16. The Kier molecular flexibility index (Phi) is 6.01. The molecule has 1 rings (SSSR count). The van der Waals surface area contributed by atoms with Gasteiger partial charge in [-0.05, 0) is 13.3 Å². The van der Waals surface area contributed by atoms with E-state index in [1.54, 1.807) is 6.92 Å². The quantitative estimate of drug-likeness (QED) is 0.272. The Balaban J connectivity index is 2.45. The molecule has 0 aliphatic rings. The maximum Gasteiger partial charge on any atom is 0.305 e. The van der Waals surface area contributed by atoms with E-state index in [1.807, 2.05) is 0 Å². The minimum Gasteiger partial charge on any atom is -0.466 e. The molecule has 0 bridgehead atoms. The molecule has 1 aromatic heterocycles. The third-order valence-corrected chi connectivity index (χ3v) is 2.35. The summed E-state index contributed by atoms with van der Waals surface area (Å²) < 4.78 is 4.77. The highest BCUT2D eigenvalue weighted by atomic mass is 35.5. The van der Waals surface area contributed by atoms with Crippen LogP contribution in [0, 0.1) is 10.1 Å². The fraction of sp³-hybridized carbons (Fsp3) is 0.455. The Morgan fingerprint density at radius 3 is 2.95 bits per heavy atom. The molecule has 0 aliphatic carbocycles. The summed E-state index contributed by atoms with van der Waals surface area (Å²) in [6.45, 7) is 2.54. The lowest BCUT2D eigenvalue weighted by Crippen LogP contribution is -2.09. The number of nitrogens with one attached hydrogen (secondary N) is 1. The van der Waals surface area contributed by atoms with E-state index < -0.39 is 4.92 Å². The molecule has 0 aromatic carbocycles. The van der Waals surface area contributed by atoms with Crippen LogP contribution in [0.1, 0.15) is 19.8 Å². The van der Waals surface area contributed by atoms with Crippen LogP contribution in [0.5, 0.6) is 0 Å². The molecule has 1 N–H and O–H groups in total. The number of esters is 1. The number of rotatable bonds is 7. The summed E-state index contributed by atoms with van der Waals surface area (Å²) in [5, 5.41) is 13.5. The van der Waals surface area contributed by atoms with Crippen molar-refractivity contribution >= 4 is 29.1 Å². The van der Waals surface area contributed by atoms with Crippen molar-refractivity contribution in [3.8, 4) is 0 Å². The van der Waals surface area contributed by atoms with Crippen LogP contribution in [0.3, 0.4) is 0 Å². The van der Waals surface area contributed by atoms with Crippen molar-refractivity contribution in [2.75, 3.05) is 18.5 Å². The number of aromatic nitrogens is 1. The second kappa shape index (κ2) is 7.52. The molecular formula is C11H14ClN3O4. The molecule has 0 saturated heterocycles. The lowest BCUT2D eigenvalue weighted by molar-refractivity contribution is -0.384. The highest BCUT2D eigenvalue weighted by Crippen LogP contribution is 2.20. The van der Waals surface area contributed by atoms with Gasteiger partial charge < -0.3 is 10.1 Å². The predicted molar refractivity (Wildman–Crippen MR) is 70.3 cm³/mol. The van der Waals surface area contributed by atoms with Crippen LogP contribution >= 0.6 is 11.6 Å². The average molecular weight is 288 g/mol. The predicted octanol–water partition coefficient (Wildman–Crippen LogP) is 2.40. The van der Waals surface area contributed by atoms with Gasteiger partial charge in [0, 0.05) is 13.0 Å². The van der Waals surface area contributed by atoms with Crippen LogP contribution in [-0.2, 0) is 9.53 Å². The summed E-state index contributed by atoms with van der Waals surface area (Å²) in [5.41, 5.74) is -0.132. The largest absolute Gasteiger partial charge is 0.466 e. The molecule has 0 aliphatic heterocycles. The van der Waals surface area contributed by atoms with Crippen LogP contribution < -0.4 is 5.32 Å². The number of nitro groups is 1. The summed E-state index contributed by atoms with van der Waals surface area (Å²) in [5.74, 6) is 0.0393. The maximum atomic E-state index is 11.1. The van der Waals surface area contributed by atoms with E-state index in [4.69, 9.17) is 16.3 Å². The normalized spacial score (nSPS) is 10.0. The Labute approximate surface area is 115 Å². The first-order valence-electron chi connectivity index (χ1n) is 5.74. The highest BCUT2D eigenvalue weighted by Gasteiger charge is 2.10. The Bertz CT molecular complexity index is 467. The molecule has 0 spiro atoms. The zero-order valence-electron chi connectivity index (χ0n) is 10.4. The van der Waals surface area contributed by atoms with E-state index in [9.17, 15) is 14.9 Å². The standard InChI is InChI=1S/C11H14ClN3O4/c1-2-19-11(16)4-3-5-13-10-7-8(15(17)18)6-9(12)14-10/h6-7H,2-5H2,1H3,(H,13,14). The SMILES string of the molecule is CCOC(=O)CCCNc1cc([N+](=O)[O-])cc(Cl)n1. The molecule has 0 atom stereocenters. The van der Waals surface area contributed by atoms with Gasteiger partial charge in [-0.2, -0.15) is 0 Å². The van der Waals surface area contributed by atoms with Gasteiger partial charge in [0.05, 0.1) is 23.7 Å². The number of carbonyl (C=O) groups is 1. The smallest absolute Gasteiger partial charge is 0.305 e. The fourth-order valence-electron chi connectivity index (χ4n) is 1.36. The molecule has 0 amide bonds. The van der Waals surface area contributed by atoms with Gasteiger partial charge in [-0.1, -0.05) is 11.6 Å². The topological polar surface area (TPSA) is 94.4 Å². The van der Waals surface area contributed by atoms with Gasteiger partial charge >= 0.3 is 5.97 Å². The average Bonchev–Trinajstić information content (AvgIpc) is 2.34. The highest BCUT2D eigenvalue weighted by molar-refractivity contribution is 6.29. The number of ether oxygens (including phenoxy) is 1.